The van der Waals surface area contributed by atoms with Crippen molar-refractivity contribution in [3.8, 4) is 5.88 Å². The Morgan fingerprint density at radius 3 is 2.61 bits per heavy atom. The highest BCUT2D eigenvalue weighted by Crippen LogP contribution is 2.11. The third-order valence-corrected chi connectivity index (χ3v) is 2.34. The van der Waals surface area contributed by atoms with Gasteiger partial charge in [-0.2, -0.15) is 0 Å². The standard InChI is InChI=1S/C13H12N4O/c14-17-16-9-12-6-7-13(15-8-12)18-10-11-4-2-1-3-5-11/h1-8H,9-10H2. The van der Waals surface area contributed by atoms with Crippen molar-refractivity contribution in [2.24, 2.45) is 5.11 Å². The minimum absolute atomic E-state index is 0.308. The average Bonchev–Trinajstić information content (AvgIpc) is 2.45. The third-order valence-electron chi connectivity index (χ3n) is 2.34. The molecule has 1 heterocycles. The van der Waals surface area contributed by atoms with Gasteiger partial charge in [-0.05, 0) is 16.7 Å². The molecule has 0 spiro atoms. The van der Waals surface area contributed by atoms with E-state index in [9.17, 15) is 0 Å². The fraction of sp³-hybridized carbons (Fsp3) is 0.154. The van der Waals surface area contributed by atoms with Crippen molar-refractivity contribution < 1.29 is 4.74 Å². The Morgan fingerprint density at radius 1 is 1.11 bits per heavy atom. The first-order chi connectivity index (χ1) is 8.88. The van der Waals surface area contributed by atoms with Gasteiger partial charge in [-0.15, -0.1) is 0 Å². The zero-order valence-electron chi connectivity index (χ0n) is 9.73. The van der Waals surface area contributed by atoms with Crippen molar-refractivity contribution in [1.82, 2.24) is 4.98 Å². The number of hydrogen-bond donors (Lipinski definition) is 0. The van der Waals surface area contributed by atoms with E-state index in [-0.39, 0.29) is 0 Å². The van der Waals surface area contributed by atoms with Crippen molar-refractivity contribution in [1.29, 1.82) is 0 Å². The van der Waals surface area contributed by atoms with Gasteiger partial charge >= 0.3 is 0 Å². The van der Waals surface area contributed by atoms with Crippen LogP contribution in [0.15, 0.2) is 53.8 Å². The molecule has 1 aromatic carbocycles. The van der Waals surface area contributed by atoms with Crippen LogP contribution in [0.3, 0.4) is 0 Å². The highest BCUT2D eigenvalue weighted by Gasteiger charge is 1.97. The molecule has 0 aliphatic rings. The molecular weight excluding hydrogens is 228 g/mol. The van der Waals surface area contributed by atoms with E-state index < -0.39 is 0 Å². The van der Waals surface area contributed by atoms with Gasteiger partial charge in [-0.3, -0.25) is 0 Å². The van der Waals surface area contributed by atoms with Crippen LogP contribution in [-0.2, 0) is 13.2 Å². The second-order valence-corrected chi connectivity index (χ2v) is 3.67. The van der Waals surface area contributed by atoms with Crippen LogP contribution >= 0.6 is 0 Å². The molecule has 5 nitrogen and oxygen atoms in total. The minimum Gasteiger partial charge on any atom is -0.473 e. The van der Waals surface area contributed by atoms with Gasteiger partial charge in [0.25, 0.3) is 0 Å². The number of pyridine rings is 1. The highest BCUT2D eigenvalue weighted by atomic mass is 16.5. The van der Waals surface area contributed by atoms with Crippen LogP contribution in [0.2, 0.25) is 0 Å². The first kappa shape index (κ1) is 12.0. The maximum atomic E-state index is 8.21. The van der Waals surface area contributed by atoms with Gasteiger partial charge in [0.1, 0.15) is 6.61 Å². The number of hydrogen-bond acceptors (Lipinski definition) is 3. The number of nitrogens with zero attached hydrogens (tertiary/aromatic N) is 4. The van der Waals surface area contributed by atoms with Gasteiger partial charge in [0.15, 0.2) is 0 Å². The number of aromatic nitrogens is 1. The molecule has 0 fully saturated rings. The Kier molecular flexibility index (Phi) is 4.16. The fourth-order valence-electron chi connectivity index (χ4n) is 1.43. The molecule has 1 aromatic heterocycles. The second kappa shape index (κ2) is 6.27. The van der Waals surface area contributed by atoms with Crippen LogP contribution < -0.4 is 4.74 Å². The number of ether oxygens (including phenoxy) is 1. The van der Waals surface area contributed by atoms with Crippen LogP contribution in [0.1, 0.15) is 11.1 Å². The first-order valence-electron chi connectivity index (χ1n) is 5.51. The van der Waals surface area contributed by atoms with Gasteiger partial charge in [-0.1, -0.05) is 41.5 Å². The quantitative estimate of drug-likeness (QED) is 0.456. The minimum atomic E-state index is 0.308. The Bertz CT molecular complexity index is 533. The van der Waals surface area contributed by atoms with E-state index in [1.54, 1.807) is 12.3 Å². The van der Waals surface area contributed by atoms with Crippen molar-refractivity contribution in [3.63, 3.8) is 0 Å². The lowest BCUT2D eigenvalue weighted by Gasteiger charge is -2.05. The number of azide groups is 1. The largest absolute Gasteiger partial charge is 0.473 e. The molecule has 0 amide bonds. The third kappa shape index (κ3) is 3.50. The van der Waals surface area contributed by atoms with Crippen LogP contribution in [0, 0.1) is 0 Å². The molecule has 18 heavy (non-hydrogen) atoms. The topological polar surface area (TPSA) is 70.9 Å². The summed E-state index contributed by atoms with van der Waals surface area (Å²) in [6.07, 6.45) is 1.65. The zero-order valence-corrected chi connectivity index (χ0v) is 9.73. The van der Waals surface area contributed by atoms with E-state index in [4.69, 9.17) is 10.3 Å². The SMILES string of the molecule is [N-]=[N+]=NCc1ccc(OCc2ccccc2)nc1. The summed E-state index contributed by atoms with van der Waals surface area (Å²) in [5.41, 5.74) is 10.2. The van der Waals surface area contributed by atoms with Gasteiger partial charge in [0.05, 0.1) is 6.54 Å². The predicted octanol–water partition coefficient (Wildman–Crippen LogP) is 3.47. The molecule has 0 saturated carbocycles. The molecule has 0 aliphatic carbocycles. The monoisotopic (exact) mass is 240 g/mol. The van der Waals surface area contributed by atoms with E-state index in [0.29, 0.717) is 19.0 Å². The molecule has 0 unspecified atom stereocenters. The molecule has 2 rings (SSSR count). The summed E-state index contributed by atoms with van der Waals surface area (Å²) in [6.45, 7) is 0.798. The summed E-state index contributed by atoms with van der Waals surface area (Å²) in [7, 11) is 0. The highest BCUT2D eigenvalue weighted by molar-refractivity contribution is 5.19. The normalized spacial score (nSPS) is 9.56. The molecule has 2 aromatic rings. The lowest BCUT2D eigenvalue weighted by atomic mass is 10.2. The molecule has 0 atom stereocenters. The lowest BCUT2D eigenvalue weighted by molar-refractivity contribution is 0.294. The Morgan fingerprint density at radius 2 is 1.94 bits per heavy atom. The summed E-state index contributed by atoms with van der Waals surface area (Å²) < 4.78 is 5.54. The van der Waals surface area contributed by atoms with Crippen LogP contribution in [0.4, 0.5) is 0 Å². The summed E-state index contributed by atoms with van der Waals surface area (Å²) in [5, 5.41) is 3.47. The van der Waals surface area contributed by atoms with Crippen molar-refractivity contribution in [3.05, 3.63) is 70.2 Å². The Labute approximate surface area is 105 Å². The Hall–Kier alpha value is -2.52. The molecular formula is C13H12N4O. The molecule has 0 aliphatic heterocycles. The number of rotatable bonds is 5. The summed E-state index contributed by atoms with van der Waals surface area (Å²) in [4.78, 5) is 6.84. The molecule has 0 saturated heterocycles. The van der Waals surface area contributed by atoms with Crippen LogP contribution in [-0.4, -0.2) is 4.98 Å². The second-order valence-electron chi connectivity index (χ2n) is 3.67. The maximum absolute atomic E-state index is 8.21. The zero-order chi connectivity index (χ0) is 12.6. The van der Waals surface area contributed by atoms with E-state index in [1.807, 2.05) is 36.4 Å². The number of benzene rings is 1. The van der Waals surface area contributed by atoms with E-state index in [0.717, 1.165) is 11.1 Å². The van der Waals surface area contributed by atoms with E-state index in [1.165, 1.54) is 0 Å². The van der Waals surface area contributed by atoms with Gasteiger partial charge in [0.2, 0.25) is 5.88 Å². The fourth-order valence-corrected chi connectivity index (χ4v) is 1.43. The van der Waals surface area contributed by atoms with Crippen molar-refractivity contribution >= 4 is 0 Å². The summed E-state index contributed by atoms with van der Waals surface area (Å²) in [6, 6.07) is 13.5. The predicted molar refractivity (Wildman–Crippen MR) is 67.9 cm³/mol. The van der Waals surface area contributed by atoms with Gasteiger partial charge in [-0.25, -0.2) is 4.98 Å². The lowest BCUT2D eigenvalue weighted by Crippen LogP contribution is -1.97. The summed E-state index contributed by atoms with van der Waals surface area (Å²) in [5.74, 6) is 0.559. The average molecular weight is 240 g/mol. The van der Waals surface area contributed by atoms with Crippen LogP contribution in [0.5, 0.6) is 5.88 Å². The smallest absolute Gasteiger partial charge is 0.213 e. The maximum Gasteiger partial charge on any atom is 0.213 e. The van der Waals surface area contributed by atoms with Gasteiger partial charge < -0.3 is 4.74 Å². The van der Waals surface area contributed by atoms with Crippen molar-refractivity contribution in [2.45, 2.75) is 13.2 Å². The summed E-state index contributed by atoms with van der Waals surface area (Å²) >= 11 is 0. The Balaban J connectivity index is 1.92. The molecule has 90 valence electrons. The first-order valence-corrected chi connectivity index (χ1v) is 5.51. The molecule has 5 heteroatoms. The molecule has 0 N–H and O–H groups in total. The molecule has 0 radical (unpaired) electrons. The van der Waals surface area contributed by atoms with E-state index in [2.05, 4.69) is 15.0 Å². The van der Waals surface area contributed by atoms with Crippen molar-refractivity contribution in [2.75, 3.05) is 0 Å². The van der Waals surface area contributed by atoms with Crippen LogP contribution in [0.25, 0.3) is 10.4 Å². The molecule has 0 bridgehead atoms. The van der Waals surface area contributed by atoms with E-state index >= 15 is 0 Å². The van der Waals surface area contributed by atoms with Gasteiger partial charge in [0, 0.05) is 17.2 Å².